The minimum Gasteiger partial charge on any atom is -0.343 e. The van der Waals surface area contributed by atoms with Crippen molar-refractivity contribution in [1.82, 2.24) is 25.5 Å². The third kappa shape index (κ3) is 6.08. The summed E-state index contributed by atoms with van der Waals surface area (Å²) < 4.78 is 0. The Kier molecular flexibility index (Phi) is 7.24. The van der Waals surface area contributed by atoms with Gasteiger partial charge in [0.1, 0.15) is 0 Å². The number of piperidine rings is 1. The Morgan fingerprint density at radius 2 is 1.78 bits per heavy atom. The number of hydrogen-bond acceptors (Lipinski definition) is 5. The van der Waals surface area contributed by atoms with Crippen LogP contribution in [0.1, 0.15) is 44.9 Å². The summed E-state index contributed by atoms with van der Waals surface area (Å²) in [5.41, 5.74) is 0. The smallest absolute Gasteiger partial charge is 0.315 e. The Morgan fingerprint density at radius 1 is 1.04 bits per heavy atom. The molecule has 3 rings (SSSR count). The molecule has 8 heteroatoms. The molecule has 3 amide bonds. The van der Waals surface area contributed by atoms with Gasteiger partial charge in [-0.15, -0.1) is 0 Å². The molecule has 27 heavy (non-hydrogen) atoms. The average Bonchev–Trinajstić information content (AvgIpc) is 2.98. The summed E-state index contributed by atoms with van der Waals surface area (Å²) in [5.74, 6) is 0.842. The van der Waals surface area contributed by atoms with Crippen molar-refractivity contribution in [2.75, 3.05) is 37.6 Å². The second-order valence-electron chi connectivity index (χ2n) is 7.28. The number of nitrogens with zero attached hydrogens (tertiary/aromatic N) is 4. The number of rotatable bonds is 5. The van der Waals surface area contributed by atoms with Gasteiger partial charge in [0, 0.05) is 57.6 Å². The van der Waals surface area contributed by atoms with Crippen molar-refractivity contribution in [2.45, 2.75) is 51.0 Å². The number of carbonyl (C=O) groups is 2. The Morgan fingerprint density at radius 3 is 2.52 bits per heavy atom. The fraction of sp³-hybridized carbons (Fsp3) is 0.684. The van der Waals surface area contributed by atoms with Crippen LogP contribution >= 0.6 is 0 Å². The molecular weight excluding hydrogens is 344 g/mol. The molecule has 3 heterocycles. The second kappa shape index (κ2) is 10.1. The molecule has 0 aliphatic carbocycles. The minimum absolute atomic E-state index is 0.0591. The summed E-state index contributed by atoms with van der Waals surface area (Å²) in [4.78, 5) is 37.0. The van der Waals surface area contributed by atoms with E-state index in [1.165, 1.54) is 12.8 Å². The van der Waals surface area contributed by atoms with Gasteiger partial charge in [0.15, 0.2) is 0 Å². The number of amides is 3. The molecule has 1 aromatic rings. The maximum atomic E-state index is 12.3. The van der Waals surface area contributed by atoms with Gasteiger partial charge in [-0.05, 0) is 31.7 Å². The number of likely N-dealkylation sites (tertiary alicyclic amines) is 1. The molecule has 0 bridgehead atoms. The van der Waals surface area contributed by atoms with Gasteiger partial charge in [0.05, 0.1) is 0 Å². The molecule has 0 saturated carbocycles. The van der Waals surface area contributed by atoms with E-state index in [4.69, 9.17) is 0 Å². The van der Waals surface area contributed by atoms with Gasteiger partial charge in [-0.2, -0.15) is 0 Å². The fourth-order valence-corrected chi connectivity index (χ4v) is 3.73. The third-order valence-corrected chi connectivity index (χ3v) is 5.17. The van der Waals surface area contributed by atoms with Gasteiger partial charge in [-0.3, -0.25) is 4.79 Å². The molecular formula is C19H30N6O2. The van der Waals surface area contributed by atoms with Gasteiger partial charge in [0.2, 0.25) is 11.9 Å². The molecule has 2 fully saturated rings. The highest BCUT2D eigenvalue weighted by atomic mass is 16.2. The fourth-order valence-electron chi connectivity index (χ4n) is 3.73. The predicted octanol–water partition coefficient (Wildman–Crippen LogP) is 1.54. The molecule has 148 valence electrons. The van der Waals surface area contributed by atoms with Crippen LogP contribution in [0.15, 0.2) is 18.5 Å². The standard InChI is InChI=1S/C19H30N6O2/c26-17(24-12-3-1-2-4-13-24)8-11-22-19(27)23-16-7-5-14-25(15-16)18-20-9-6-10-21-18/h6,9-10,16H,1-5,7-8,11-15H2,(H2,22,23,27). The monoisotopic (exact) mass is 374 g/mol. The highest BCUT2D eigenvalue weighted by molar-refractivity contribution is 5.78. The Hall–Kier alpha value is -2.38. The molecule has 2 aliphatic rings. The number of carbonyl (C=O) groups excluding carboxylic acids is 2. The van der Waals surface area contributed by atoms with E-state index in [-0.39, 0.29) is 18.0 Å². The second-order valence-corrected chi connectivity index (χ2v) is 7.28. The lowest BCUT2D eigenvalue weighted by Crippen LogP contribution is -2.51. The highest BCUT2D eigenvalue weighted by Gasteiger charge is 2.23. The van der Waals surface area contributed by atoms with Crippen LogP contribution in [0.4, 0.5) is 10.7 Å². The van der Waals surface area contributed by atoms with Crippen molar-refractivity contribution in [3.8, 4) is 0 Å². The largest absolute Gasteiger partial charge is 0.343 e. The Labute approximate surface area is 160 Å². The summed E-state index contributed by atoms with van der Waals surface area (Å²) in [6.45, 7) is 3.67. The first-order valence-electron chi connectivity index (χ1n) is 10.1. The van der Waals surface area contributed by atoms with E-state index in [2.05, 4.69) is 25.5 Å². The van der Waals surface area contributed by atoms with E-state index in [1.54, 1.807) is 18.5 Å². The molecule has 8 nitrogen and oxygen atoms in total. The molecule has 2 aliphatic heterocycles. The van der Waals surface area contributed by atoms with Crippen molar-refractivity contribution in [1.29, 1.82) is 0 Å². The van der Waals surface area contributed by atoms with Gasteiger partial charge in [-0.25, -0.2) is 14.8 Å². The van der Waals surface area contributed by atoms with E-state index in [0.717, 1.165) is 45.3 Å². The average molecular weight is 374 g/mol. The lowest BCUT2D eigenvalue weighted by Gasteiger charge is -2.33. The molecule has 1 unspecified atom stereocenters. The normalized spacial score (nSPS) is 20.7. The summed E-state index contributed by atoms with van der Waals surface area (Å²) in [6.07, 6.45) is 10.3. The number of hydrogen-bond donors (Lipinski definition) is 2. The van der Waals surface area contributed by atoms with Crippen molar-refractivity contribution < 1.29 is 9.59 Å². The Bertz CT molecular complexity index is 603. The predicted molar refractivity (Wildman–Crippen MR) is 103 cm³/mol. The third-order valence-electron chi connectivity index (χ3n) is 5.17. The molecule has 0 radical (unpaired) electrons. The molecule has 0 aromatic carbocycles. The topological polar surface area (TPSA) is 90.5 Å². The lowest BCUT2D eigenvalue weighted by molar-refractivity contribution is -0.131. The zero-order valence-electron chi connectivity index (χ0n) is 15.9. The van der Waals surface area contributed by atoms with Crippen molar-refractivity contribution in [3.63, 3.8) is 0 Å². The van der Waals surface area contributed by atoms with Crippen LogP contribution in [0.2, 0.25) is 0 Å². The molecule has 1 atom stereocenters. The van der Waals surface area contributed by atoms with Crippen molar-refractivity contribution >= 4 is 17.9 Å². The van der Waals surface area contributed by atoms with Crippen LogP contribution < -0.4 is 15.5 Å². The van der Waals surface area contributed by atoms with E-state index >= 15 is 0 Å². The zero-order valence-corrected chi connectivity index (χ0v) is 15.9. The molecule has 0 spiro atoms. The molecule has 2 N–H and O–H groups in total. The molecule has 2 saturated heterocycles. The van der Waals surface area contributed by atoms with Gasteiger partial charge in [-0.1, -0.05) is 12.8 Å². The van der Waals surface area contributed by atoms with E-state index in [1.807, 2.05) is 4.90 Å². The number of aromatic nitrogens is 2. The minimum atomic E-state index is -0.209. The van der Waals surface area contributed by atoms with Gasteiger partial charge in [0.25, 0.3) is 0 Å². The van der Waals surface area contributed by atoms with Gasteiger partial charge < -0.3 is 20.4 Å². The van der Waals surface area contributed by atoms with E-state index in [0.29, 0.717) is 25.5 Å². The zero-order chi connectivity index (χ0) is 18.9. The molecule has 1 aromatic heterocycles. The van der Waals surface area contributed by atoms with Crippen LogP contribution in [0.5, 0.6) is 0 Å². The number of nitrogens with one attached hydrogen (secondary N) is 2. The van der Waals surface area contributed by atoms with Crippen molar-refractivity contribution in [2.24, 2.45) is 0 Å². The quantitative estimate of drug-likeness (QED) is 0.816. The van der Waals surface area contributed by atoms with Crippen LogP contribution in [-0.4, -0.2) is 65.6 Å². The van der Waals surface area contributed by atoms with Crippen LogP contribution in [0.25, 0.3) is 0 Å². The van der Waals surface area contributed by atoms with Crippen LogP contribution in [0.3, 0.4) is 0 Å². The van der Waals surface area contributed by atoms with E-state index < -0.39 is 0 Å². The Balaban J connectivity index is 1.37. The first-order valence-corrected chi connectivity index (χ1v) is 10.1. The van der Waals surface area contributed by atoms with Gasteiger partial charge >= 0.3 is 6.03 Å². The first-order chi connectivity index (χ1) is 13.2. The summed E-state index contributed by atoms with van der Waals surface area (Å²) in [7, 11) is 0. The number of anilines is 1. The van der Waals surface area contributed by atoms with E-state index in [9.17, 15) is 9.59 Å². The number of urea groups is 1. The van der Waals surface area contributed by atoms with Crippen LogP contribution in [0, 0.1) is 0 Å². The maximum Gasteiger partial charge on any atom is 0.315 e. The van der Waals surface area contributed by atoms with Crippen molar-refractivity contribution in [3.05, 3.63) is 18.5 Å². The van der Waals surface area contributed by atoms with Crippen LogP contribution in [-0.2, 0) is 4.79 Å². The lowest BCUT2D eigenvalue weighted by atomic mass is 10.1. The summed E-state index contributed by atoms with van der Waals surface area (Å²) in [6, 6.07) is 1.65. The first kappa shape index (κ1) is 19.4. The maximum absolute atomic E-state index is 12.3. The SMILES string of the molecule is O=C(NCCC(=O)N1CCCCCC1)NC1CCCN(c2ncccn2)C1. The summed E-state index contributed by atoms with van der Waals surface area (Å²) >= 11 is 0. The highest BCUT2D eigenvalue weighted by Crippen LogP contribution is 2.15. The summed E-state index contributed by atoms with van der Waals surface area (Å²) in [5, 5.41) is 5.83.